The van der Waals surface area contributed by atoms with Gasteiger partial charge in [0.05, 0.1) is 5.88 Å². The van der Waals surface area contributed by atoms with Gasteiger partial charge in [0.25, 0.3) is 0 Å². The lowest BCUT2D eigenvalue weighted by Crippen LogP contribution is -2.29. The van der Waals surface area contributed by atoms with Crippen molar-refractivity contribution in [2.24, 2.45) is 0 Å². The highest BCUT2D eigenvalue weighted by atomic mass is 35.5. The van der Waals surface area contributed by atoms with Crippen molar-refractivity contribution in [1.82, 2.24) is 0 Å². The fraction of sp³-hybridized carbons (Fsp3) is 0.400. The fourth-order valence-corrected chi connectivity index (χ4v) is 0.866. The van der Waals surface area contributed by atoms with Crippen molar-refractivity contribution in [2.45, 2.75) is 12.6 Å². The first-order valence-corrected chi connectivity index (χ1v) is 4.60. The molecule has 13 heavy (non-hydrogen) atoms. The van der Waals surface area contributed by atoms with E-state index >= 15 is 0 Å². The zero-order valence-corrected chi connectivity index (χ0v) is 8.22. The molecule has 1 nitrogen and oxygen atoms in total. The Labute approximate surface area is 82.5 Å². The van der Waals surface area contributed by atoms with E-state index in [4.69, 9.17) is 16.3 Å². The van der Waals surface area contributed by atoms with Gasteiger partial charge in [0.2, 0.25) is 0 Å². The third-order valence-corrected chi connectivity index (χ3v) is 2.12. The first-order valence-electron chi connectivity index (χ1n) is 4.07. The maximum atomic E-state index is 13.2. The molecule has 0 bridgehead atoms. The van der Waals surface area contributed by atoms with Gasteiger partial charge in [0.15, 0.2) is 5.67 Å². The highest BCUT2D eigenvalue weighted by Gasteiger charge is 2.22. The average molecular weight is 203 g/mol. The van der Waals surface area contributed by atoms with Crippen LogP contribution in [0.5, 0.6) is 5.75 Å². The quantitative estimate of drug-likeness (QED) is 0.682. The van der Waals surface area contributed by atoms with Crippen LogP contribution in [0.3, 0.4) is 0 Å². The molecule has 0 heterocycles. The van der Waals surface area contributed by atoms with Crippen LogP contribution in [-0.2, 0) is 0 Å². The lowest BCUT2D eigenvalue weighted by atomic mass is 10.2. The van der Waals surface area contributed by atoms with E-state index in [0.717, 1.165) is 0 Å². The van der Waals surface area contributed by atoms with Gasteiger partial charge in [-0.3, -0.25) is 0 Å². The summed E-state index contributed by atoms with van der Waals surface area (Å²) in [5, 5.41) is 0. The molecule has 0 amide bonds. The van der Waals surface area contributed by atoms with Gasteiger partial charge in [-0.1, -0.05) is 18.2 Å². The number of para-hydroxylation sites is 1. The van der Waals surface area contributed by atoms with Crippen molar-refractivity contribution < 1.29 is 9.13 Å². The Balaban J connectivity index is 2.44. The van der Waals surface area contributed by atoms with Gasteiger partial charge in [-0.2, -0.15) is 0 Å². The van der Waals surface area contributed by atoms with Crippen LogP contribution in [0.25, 0.3) is 0 Å². The third kappa shape index (κ3) is 3.64. The molecule has 3 heteroatoms. The standard InChI is InChI=1S/C10H12ClFO/c1-10(12,7-11)8-13-9-5-3-2-4-6-9/h2-6H,7-8H2,1H3. The van der Waals surface area contributed by atoms with Crippen molar-refractivity contribution in [3.63, 3.8) is 0 Å². The molecular weight excluding hydrogens is 191 g/mol. The minimum Gasteiger partial charge on any atom is -0.490 e. The Morgan fingerprint density at radius 1 is 1.38 bits per heavy atom. The van der Waals surface area contributed by atoms with E-state index in [0.29, 0.717) is 5.75 Å². The van der Waals surface area contributed by atoms with Gasteiger partial charge in [-0.25, -0.2) is 4.39 Å². The number of hydrogen-bond donors (Lipinski definition) is 0. The molecule has 0 saturated carbocycles. The van der Waals surface area contributed by atoms with E-state index in [2.05, 4.69) is 0 Å². The number of hydrogen-bond acceptors (Lipinski definition) is 1. The first-order chi connectivity index (χ1) is 6.14. The van der Waals surface area contributed by atoms with Crippen LogP contribution < -0.4 is 4.74 Å². The number of halogens is 2. The molecule has 1 unspecified atom stereocenters. The number of benzene rings is 1. The summed E-state index contributed by atoms with van der Waals surface area (Å²) in [5.41, 5.74) is -1.46. The van der Waals surface area contributed by atoms with E-state index in [1.54, 1.807) is 12.1 Å². The lowest BCUT2D eigenvalue weighted by Gasteiger charge is -2.17. The molecule has 1 atom stereocenters. The van der Waals surface area contributed by atoms with Crippen LogP contribution in [0.1, 0.15) is 6.92 Å². The van der Waals surface area contributed by atoms with Gasteiger partial charge in [-0.05, 0) is 19.1 Å². The van der Waals surface area contributed by atoms with Crippen molar-refractivity contribution in [3.8, 4) is 5.75 Å². The summed E-state index contributed by atoms with van der Waals surface area (Å²) in [7, 11) is 0. The number of ether oxygens (including phenoxy) is 1. The predicted octanol–water partition coefficient (Wildman–Crippen LogP) is 3.03. The lowest BCUT2D eigenvalue weighted by molar-refractivity contribution is 0.124. The Morgan fingerprint density at radius 3 is 2.54 bits per heavy atom. The topological polar surface area (TPSA) is 9.23 Å². The molecule has 0 N–H and O–H groups in total. The number of rotatable bonds is 4. The molecule has 1 aromatic rings. The second-order valence-electron chi connectivity index (χ2n) is 3.15. The molecule has 0 fully saturated rings. The summed E-state index contributed by atoms with van der Waals surface area (Å²) < 4.78 is 18.5. The van der Waals surface area contributed by atoms with Crippen molar-refractivity contribution in [2.75, 3.05) is 12.5 Å². The Hall–Kier alpha value is -0.760. The highest BCUT2D eigenvalue weighted by Crippen LogP contribution is 2.16. The molecule has 0 saturated heterocycles. The fourth-order valence-electron chi connectivity index (χ4n) is 0.789. The van der Waals surface area contributed by atoms with Gasteiger partial charge in [0, 0.05) is 0 Å². The van der Waals surface area contributed by atoms with Crippen molar-refractivity contribution >= 4 is 11.6 Å². The monoisotopic (exact) mass is 202 g/mol. The molecule has 0 spiro atoms. The summed E-state index contributed by atoms with van der Waals surface area (Å²) >= 11 is 5.40. The Bertz CT molecular complexity index is 248. The van der Waals surface area contributed by atoms with E-state index in [-0.39, 0.29) is 12.5 Å². The van der Waals surface area contributed by atoms with Gasteiger partial charge >= 0.3 is 0 Å². The summed E-state index contributed by atoms with van der Waals surface area (Å²) in [4.78, 5) is 0. The van der Waals surface area contributed by atoms with Crippen LogP contribution >= 0.6 is 11.6 Å². The second-order valence-corrected chi connectivity index (χ2v) is 3.42. The molecule has 1 aromatic carbocycles. The largest absolute Gasteiger partial charge is 0.490 e. The van der Waals surface area contributed by atoms with Crippen LogP contribution in [-0.4, -0.2) is 18.2 Å². The van der Waals surface area contributed by atoms with Crippen LogP contribution in [0.15, 0.2) is 30.3 Å². The maximum Gasteiger partial charge on any atom is 0.155 e. The van der Waals surface area contributed by atoms with Gasteiger partial charge in [-0.15, -0.1) is 11.6 Å². The van der Waals surface area contributed by atoms with Crippen molar-refractivity contribution in [1.29, 1.82) is 0 Å². The molecule has 0 aliphatic rings. The first kappa shape index (κ1) is 10.3. The molecule has 0 radical (unpaired) electrons. The van der Waals surface area contributed by atoms with Gasteiger partial charge in [0.1, 0.15) is 12.4 Å². The van der Waals surface area contributed by atoms with Crippen LogP contribution in [0.2, 0.25) is 0 Å². The van der Waals surface area contributed by atoms with E-state index in [1.807, 2.05) is 18.2 Å². The molecule has 0 aliphatic heterocycles. The summed E-state index contributed by atoms with van der Waals surface area (Å²) in [5.74, 6) is 0.608. The Kier molecular flexibility index (Phi) is 3.55. The van der Waals surface area contributed by atoms with E-state index < -0.39 is 5.67 Å². The molecule has 0 aliphatic carbocycles. The minimum absolute atomic E-state index is 0.0134. The van der Waals surface area contributed by atoms with Crippen LogP contribution in [0, 0.1) is 0 Å². The zero-order chi connectivity index (χ0) is 9.73. The van der Waals surface area contributed by atoms with E-state index in [9.17, 15) is 4.39 Å². The highest BCUT2D eigenvalue weighted by molar-refractivity contribution is 6.18. The predicted molar refractivity (Wildman–Crippen MR) is 52.2 cm³/mol. The third-order valence-electron chi connectivity index (χ3n) is 1.56. The molecule has 72 valence electrons. The van der Waals surface area contributed by atoms with E-state index in [1.165, 1.54) is 6.92 Å². The Morgan fingerprint density at radius 2 is 2.00 bits per heavy atom. The summed E-state index contributed by atoms with van der Waals surface area (Å²) in [6.45, 7) is 1.41. The van der Waals surface area contributed by atoms with Crippen LogP contribution in [0.4, 0.5) is 4.39 Å². The molecule has 1 rings (SSSR count). The smallest absolute Gasteiger partial charge is 0.155 e. The zero-order valence-electron chi connectivity index (χ0n) is 7.47. The summed E-state index contributed by atoms with van der Waals surface area (Å²) in [6, 6.07) is 9.12. The SMILES string of the molecule is CC(F)(CCl)COc1ccccc1. The average Bonchev–Trinajstić information content (AvgIpc) is 2.17. The molecular formula is C10H12ClFO. The maximum absolute atomic E-state index is 13.2. The minimum atomic E-state index is -1.46. The second kappa shape index (κ2) is 4.47. The van der Waals surface area contributed by atoms with Gasteiger partial charge < -0.3 is 4.74 Å². The molecule has 0 aromatic heterocycles. The van der Waals surface area contributed by atoms with Crippen molar-refractivity contribution in [3.05, 3.63) is 30.3 Å². The summed E-state index contributed by atoms with van der Waals surface area (Å²) in [6.07, 6.45) is 0. The normalized spacial score (nSPS) is 15.0. The number of alkyl halides is 2.